The minimum absolute atomic E-state index is 0.160. The van der Waals surface area contributed by atoms with Crippen LogP contribution in [0.25, 0.3) is 0 Å². The molecule has 0 fully saturated rings. The van der Waals surface area contributed by atoms with Crippen LogP contribution in [0.2, 0.25) is 0 Å². The maximum Gasteiger partial charge on any atom is 0.323 e. The van der Waals surface area contributed by atoms with Crippen LogP contribution in [0, 0.1) is 0 Å². The summed E-state index contributed by atoms with van der Waals surface area (Å²) < 4.78 is 4.89. The minimum Gasteiger partial charge on any atom is -0.480 e. The average Bonchev–Trinajstić information content (AvgIpc) is 2.49. The van der Waals surface area contributed by atoms with Crippen LogP contribution in [0.5, 0.6) is 0 Å². The minimum atomic E-state index is -1.11. The number of amides is 2. The number of ether oxygens (including phenoxy) is 1. The van der Waals surface area contributed by atoms with Gasteiger partial charge in [0.05, 0.1) is 6.61 Å². The molecular weight excluding hydrogens is 288 g/mol. The smallest absolute Gasteiger partial charge is 0.323 e. The summed E-state index contributed by atoms with van der Waals surface area (Å²) in [6.07, 6.45) is 0. The van der Waals surface area contributed by atoms with Gasteiger partial charge in [-0.05, 0) is 18.2 Å². The van der Waals surface area contributed by atoms with Crippen LogP contribution < -0.4 is 0 Å². The third-order valence-electron chi connectivity index (χ3n) is 2.94. The van der Waals surface area contributed by atoms with Crippen molar-refractivity contribution in [2.75, 3.05) is 40.9 Å². The molecule has 22 heavy (non-hydrogen) atoms. The first-order valence-corrected chi connectivity index (χ1v) is 6.68. The van der Waals surface area contributed by atoms with Crippen molar-refractivity contribution < 1.29 is 24.2 Å². The zero-order valence-corrected chi connectivity index (χ0v) is 12.9. The van der Waals surface area contributed by atoms with Crippen molar-refractivity contribution in [1.82, 2.24) is 9.80 Å². The van der Waals surface area contributed by atoms with Crippen LogP contribution in [-0.4, -0.2) is 73.6 Å². The standard InChI is InChI=1S/C15H20N2O5/c1-16(2)14(20)11-5-4-6-12(9-11)15(21)17(7-8-22-3)10-13(18)19/h4-6,9H,7-8,10H2,1-3H3,(H,18,19). The Hall–Kier alpha value is -2.41. The van der Waals surface area contributed by atoms with Gasteiger partial charge in [-0.25, -0.2) is 0 Å². The predicted octanol–water partition coefficient (Wildman–Crippen LogP) is 0.562. The summed E-state index contributed by atoms with van der Waals surface area (Å²) in [6.45, 7) is -0.0309. The molecule has 0 aromatic heterocycles. The fraction of sp³-hybridized carbons (Fsp3) is 0.400. The highest BCUT2D eigenvalue weighted by Crippen LogP contribution is 2.10. The van der Waals surface area contributed by atoms with Crippen LogP contribution in [0.15, 0.2) is 24.3 Å². The van der Waals surface area contributed by atoms with E-state index in [1.54, 1.807) is 32.3 Å². The second kappa shape index (κ2) is 8.14. The number of aliphatic carboxylic acids is 1. The highest BCUT2D eigenvalue weighted by molar-refractivity contribution is 6.00. The number of carboxylic acids is 1. The van der Waals surface area contributed by atoms with E-state index in [1.807, 2.05) is 0 Å². The molecule has 0 saturated carbocycles. The fourth-order valence-electron chi connectivity index (χ4n) is 1.84. The van der Waals surface area contributed by atoms with Gasteiger partial charge in [0.15, 0.2) is 0 Å². The molecule has 7 heteroatoms. The first-order chi connectivity index (χ1) is 10.4. The Morgan fingerprint density at radius 1 is 1.14 bits per heavy atom. The van der Waals surface area contributed by atoms with Crippen molar-refractivity contribution in [3.8, 4) is 0 Å². The SMILES string of the molecule is COCCN(CC(=O)O)C(=O)c1cccc(C(=O)N(C)C)c1. The normalized spacial score (nSPS) is 10.1. The number of methoxy groups -OCH3 is 1. The van der Waals surface area contributed by atoms with Gasteiger partial charge in [0.1, 0.15) is 6.54 Å². The maximum absolute atomic E-state index is 12.4. The average molecular weight is 308 g/mol. The highest BCUT2D eigenvalue weighted by Gasteiger charge is 2.19. The van der Waals surface area contributed by atoms with Gasteiger partial charge in [0, 0.05) is 38.9 Å². The molecule has 120 valence electrons. The molecular formula is C15H20N2O5. The lowest BCUT2D eigenvalue weighted by atomic mass is 10.1. The molecule has 1 rings (SSSR count). The number of rotatable bonds is 7. The quantitative estimate of drug-likeness (QED) is 0.795. The van der Waals surface area contributed by atoms with E-state index >= 15 is 0 Å². The van der Waals surface area contributed by atoms with E-state index < -0.39 is 18.4 Å². The van der Waals surface area contributed by atoms with Gasteiger partial charge in [0.25, 0.3) is 11.8 Å². The molecule has 0 unspecified atom stereocenters. The first kappa shape index (κ1) is 17.6. The van der Waals surface area contributed by atoms with E-state index in [0.717, 1.165) is 0 Å². The van der Waals surface area contributed by atoms with E-state index in [4.69, 9.17) is 9.84 Å². The van der Waals surface area contributed by atoms with Gasteiger partial charge < -0.3 is 19.6 Å². The van der Waals surface area contributed by atoms with Crippen molar-refractivity contribution >= 4 is 17.8 Å². The predicted molar refractivity (Wildman–Crippen MR) is 79.9 cm³/mol. The van der Waals surface area contributed by atoms with E-state index in [0.29, 0.717) is 5.56 Å². The van der Waals surface area contributed by atoms with Crippen molar-refractivity contribution in [3.05, 3.63) is 35.4 Å². The Bertz CT molecular complexity index is 557. The molecule has 0 atom stereocenters. The Morgan fingerprint density at radius 2 is 1.73 bits per heavy atom. The molecule has 0 aliphatic rings. The van der Waals surface area contributed by atoms with Crippen molar-refractivity contribution in [1.29, 1.82) is 0 Å². The Kier molecular flexibility index (Phi) is 6.52. The maximum atomic E-state index is 12.4. The third kappa shape index (κ3) is 4.85. The number of hydrogen-bond donors (Lipinski definition) is 1. The summed E-state index contributed by atoms with van der Waals surface area (Å²) in [5.74, 6) is -1.78. The summed E-state index contributed by atoms with van der Waals surface area (Å²) in [5, 5.41) is 8.90. The summed E-state index contributed by atoms with van der Waals surface area (Å²) in [5.41, 5.74) is 0.642. The van der Waals surface area contributed by atoms with Crippen LogP contribution in [0.3, 0.4) is 0 Å². The second-order valence-electron chi connectivity index (χ2n) is 4.89. The molecule has 7 nitrogen and oxygen atoms in total. The largest absolute Gasteiger partial charge is 0.480 e. The highest BCUT2D eigenvalue weighted by atomic mass is 16.5. The zero-order chi connectivity index (χ0) is 16.7. The lowest BCUT2D eigenvalue weighted by Crippen LogP contribution is -2.38. The van der Waals surface area contributed by atoms with E-state index in [2.05, 4.69) is 0 Å². The monoisotopic (exact) mass is 308 g/mol. The number of carbonyl (C=O) groups excluding carboxylic acids is 2. The molecule has 0 bridgehead atoms. The molecule has 1 aromatic rings. The molecule has 0 spiro atoms. The Balaban J connectivity index is 3.00. The molecule has 2 amide bonds. The van der Waals surface area contributed by atoms with E-state index in [1.165, 1.54) is 23.0 Å². The fourth-order valence-corrected chi connectivity index (χ4v) is 1.84. The number of carboxylic acid groups (broad SMARTS) is 1. The summed E-state index contributed by atoms with van der Waals surface area (Å²) in [4.78, 5) is 37.8. The number of nitrogens with zero attached hydrogens (tertiary/aromatic N) is 2. The summed E-state index contributed by atoms with van der Waals surface area (Å²) in [6, 6.07) is 6.22. The molecule has 0 saturated heterocycles. The number of carbonyl (C=O) groups is 3. The molecule has 1 N–H and O–H groups in total. The molecule has 0 heterocycles. The van der Waals surface area contributed by atoms with Gasteiger partial charge in [-0.3, -0.25) is 14.4 Å². The summed E-state index contributed by atoms with van der Waals surface area (Å²) >= 11 is 0. The number of benzene rings is 1. The van der Waals surface area contributed by atoms with Gasteiger partial charge in [-0.15, -0.1) is 0 Å². The molecule has 0 radical (unpaired) electrons. The molecule has 1 aromatic carbocycles. The van der Waals surface area contributed by atoms with Crippen molar-refractivity contribution in [2.24, 2.45) is 0 Å². The van der Waals surface area contributed by atoms with Crippen LogP contribution in [0.4, 0.5) is 0 Å². The van der Waals surface area contributed by atoms with E-state index in [9.17, 15) is 14.4 Å². The van der Waals surface area contributed by atoms with Gasteiger partial charge in [0.2, 0.25) is 0 Å². The molecule has 0 aliphatic carbocycles. The van der Waals surface area contributed by atoms with Crippen LogP contribution >= 0.6 is 0 Å². The lowest BCUT2D eigenvalue weighted by molar-refractivity contribution is -0.137. The van der Waals surface area contributed by atoms with Gasteiger partial charge in [-0.1, -0.05) is 6.07 Å². The number of hydrogen-bond acceptors (Lipinski definition) is 4. The Morgan fingerprint density at radius 3 is 2.23 bits per heavy atom. The summed E-state index contributed by atoms with van der Waals surface area (Å²) in [7, 11) is 4.71. The van der Waals surface area contributed by atoms with Crippen molar-refractivity contribution in [3.63, 3.8) is 0 Å². The molecule has 0 aliphatic heterocycles. The zero-order valence-electron chi connectivity index (χ0n) is 12.9. The van der Waals surface area contributed by atoms with E-state index in [-0.39, 0.29) is 24.6 Å². The first-order valence-electron chi connectivity index (χ1n) is 6.68. The van der Waals surface area contributed by atoms with Gasteiger partial charge in [-0.2, -0.15) is 0 Å². The Labute approximate surface area is 129 Å². The third-order valence-corrected chi connectivity index (χ3v) is 2.94. The topological polar surface area (TPSA) is 87.1 Å². The van der Waals surface area contributed by atoms with Gasteiger partial charge >= 0.3 is 5.97 Å². The second-order valence-corrected chi connectivity index (χ2v) is 4.89. The van der Waals surface area contributed by atoms with Crippen molar-refractivity contribution in [2.45, 2.75) is 0 Å². The lowest BCUT2D eigenvalue weighted by Gasteiger charge is -2.20. The van der Waals surface area contributed by atoms with Crippen LogP contribution in [-0.2, 0) is 9.53 Å². The van der Waals surface area contributed by atoms with Crippen LogP contribution in [0.1, 0.15) is 20.7 Å².